The van der Waals surface area contributed by atoms with Crippen LogP contribution in [0.25, 0.3) is 11.0 Å². The van der Waals surface area contributed by atoms with Gasteiger partial charge in [0.2, 0.25) is 0 Å². The topological polar surface area (TPSA) is 70.3 Å². The van der Waals surface area contributed by atoms with Crippen LogP contribution in [0, 0.1) is 0 Å². The molecule has 1 fully saturated rings. The van der Waals surface area contributed by atoms with Gasteiger partial charge in [0.15, 0.2) is 0 Å². The second-order valence-electron chi connectivity index (χ2n) is 5.86. The van der Waals surface area contributed by atoms with Crippen molar-refractivity contribution >= 4 is 16.7 Å². The van der Waals surface area contributed by atoms with Crippen molar-refractivity contribution in [2.45, 2.75) is 44.2 Å². The standard InChI is InChI=1S/C16H23N3O2/c20-10-14(21)9-17-12-6-7-16-15(8-12)18-11-19(16)13-4-2-1-3-5-13/h6-8,11,13-14,17,20-21H,1-5,9-10H2. The Balaban J connectivity index is 1.77. The first kappa shape index (κ1) is 14.4. The molecule has 3 rings (SSSR count). The van der Waals surface area contributed by atoms with E-state index in [4.69, 9.17) is 5.11 Å². The first-order chi connectivity index (χ1) is 10.3. The predicted molar refractivity (Wildman–Crippen MR) is 83.4 cm³/mol. The van der Waals surface area contributed by atoms with Crippen LogP contribution in [-0.4, -0.2) is 39.0 Å². The van der Waals surface area contributed by atoms with Crippen LogP contribution >= 0.6 is 0 Å². The van der Waals surface area contributed by atoms with Crippen molar-refractivity contribution in [2.75, 3.05) is 18.5 Å². The third-order valence-corrected chi connectivity index (χ3v) is 4.30. The van der Waals surface area contributed by atoms with Gasteiger partial charge in [-0.3, -0.25) is 0 Å². The van der Waals surface area contributed by atoms with E-state index < -0.39 is 6.10 Å². The van der Waals surface area contributed by atoms with Gasteiger partial charge < -0.3 is 20.1 Å². The zero-order valence-corrected chi connectivity index (χ0v) is 12.2. The Labute approximate surface area is 124 Å². The lowest BCUT2D eigenvalue weighted by Crippen LogP contribution is -2.22. The van der Waals surface area contributed by atoms with Crippen LogP contribution in [0.15, 0.2) is 24.5 Å². The van der Waals surface area contributed by atoms with Crippen LogP contribution < -0.4 is 5.32 Å². The molecule has 0 amide bonds. The van der Waals surface area contributed by atoms with E-state index in [0.717, 1.165) is 11.2 Å². The highest BCUT2D eigenvalue weighted by molar-refractivity contribution is 5.79. The van der Waals surface area contributed by atoms with Gasteiger partial charge in [0.1, 0.15) is 0 Å². The summed E-state index contributed by atoms with van der Waals surface area (Å²) in [6.07, 6.45) is 7.67. The van der Waals surface area contributed by atoms with Crippen molar-refractivity contribution in [3.8, 4) is 0 Å². The molecule has 2 aromatic rings. The maximum Gasteiger partial charge on any atom is 0.0960 e. The Morgan fingerprint density at radius 2 is 2.10 bits per heavy atom. The van der Waals surface area contributed by atoms with Crippen LogP contribution in [0.4, 0.5) is 5.69 Å². The second kappa shape index (κ2) is 6.45. The minimum Gasteiger partial charge on any atom is -0.394 e. The van der Waals surface area contributed by atoms with Gasteiger partial charge >= 0.3 is 0 Å². The van der Waals surface area contributed by atoms with Crippen LogP contribution in [0.3, 0.4) is 0 Å². The zero-order chi connectivity index (χ0) is 14.7. The summed E-state index contributed by atoms with van der Waals surface area (Å²) in [6, 6.07) is 6.68. The van der Waals surface area contributed by atoms with Gasteiger partial charge in [0, 0.05) is 18.3 Å². The Kier molecular flexibility index (Phi) is 4.41. The number of aliphatic hydroxyl groups is 2. The molecule has 0 aliphatic heterocycles. The molecule has 1 aromatic carbocycles. The van der Waals surface area contributed by atoms with Crippen molar-refractivity contribution in [3.63, 3.8) is 0 Å². The van der Waals surface area contributed by atoms with E-state index in [2.05, 4.69) is 20.9 Å². The summed E-state index contributed by atoms with van der Waals surface area (Å²) in [5, 5.41) is 21.3. The van der Waals surface area contributed by atoms with E-state index >= 15 is 0 Å². The number of aliphatic hydroxyl groups excluding tert-OH is 2. The largest absolute Gasteiger partial charge is 0.394 e. The SMILES string of the molecule is OCC(O)CNc1ccc2c(c1)ncn2C1CCCCC1. The van der Waals surface area contributed by atoms with Crippen LogP contribution in [0.2, 0.25) is 0 Å². The highest BCUT2D eigenvalue weighted by Gasteiger charge is 2.17. The monoisotopic (exact) mass is 289 g/mol. The number of fused-ring (bicyclic) bond motifs is 1. The average molecular weight is 289 g/mol. The molecule has 5 heteroatoms. The summed E-state index contributed by atoms with van der Waals surface area (Å²) >= 11 is 0. The van der Waals surface area contributed by atoms with E-state index in [1.54, 1.807) is 0 Å². The summed E-state index contributed by atoms with van der Waals surface area (Å²) in [6.45, 7) is 0.108. The molecule has 1 saturated carbocycles. The van der Waals surface area contributed by atoms with Crippen LogP contribution in [0.5, 0.6) is 0 Å². The van der Waals surface area contributed by atoms with E-state index in [1.807, 2.05) is 18.5 Å². The number of anilines is 1. The lowest BCUT2D eigenvalue weighted by atomic mass is 9.95. The lowest BCUT2D eigenvalue weighted by Gasteiger charge is -2.23. The van der Waals surface area contributed by atoms with E-state index in [-0.39, 0.29) is 6.61 Å². The fourth-order valence-electron chi connectivity index (χ4n) is 3.09. The first-order valence-corrected chi connectivity index (χ1v) is 7.77. The number of benzene rings is 1. The lowest BCUT2D eigenvalue weighted by molar-refractivity contribution is 0.105. The van der Waals surface area contributed by atoms with Crippen LogP contribution in [0.1, 0.15) is 38.1 Å². The number of rotatable bonds is 5. The highest BCUT2D eigenvalue weighted by atomic mass is 16.3. The van der Waals surface area contributed by atoms with Gasteiger partial charge in [-0.2, -0.15) is 0 Å². The smallest absolute Gasteiger partial charge is 0.0960 e. The average Bonchev–Trinajstić information content (AvgIpc) is 2.96. The molecule has 0 radical (unpaired) electrons. The number of aromatic nitrogens is 2. The first-order valence-electron chi connectivity index (χ1n) is 7.77. The number of nitrogens with one attached hydrogen (secondary N) is 1. The molecule has 1 heterocycles. The van der Waals surface area contributed by atoms with Crippen molar-refractivity contribution in [1.29, 1.82) is 0 Å². The molecular formula is C16H23N3O2. The quantitative estimate of drug-likeness (QED) is 0.790. The number of hydrogen-bond donors (Lipinski definition) is 3. The van der Waals surface area contributed by atoms with Gasteiger partial charge in [0.25, 0.3) is 0 Å². The van der Waals surface area contributed by atoms with Crippen molar-refractivity contribution in [3.05, 3.63) is 24.5 Å². The normalized spacial score (nSPS) is 18.0. The number of nitrogens with zero attached hydrogens (tertiary/aromatic N) is 2. The van der Waals surface area contributed by atoms with Gasteiger partial charge in [-0.05, 0) is 31.0 Å². The molecule has 1 unspecified atom stereocenters. The Bertz CT molecular complexity index is 590. The molecule has 0 bridgehead atoms. The van der Waals surface area contributed by atoms with E-state index in [9.17, 15) is 5.11 Å². The van der Waals surface area contributed by atoms with Gasteiger partial charge in [0.05, 0.1) is 30.1 Å². The molecule has 1 aromatic heterocycles. The van der Waals surface area contributed by atoms with Crippen molar-refractivity contribution < 1.29 is 10.2 Å². The third-order valence-electron chi connectivity index (χ3n) is 4.30. The molecular weight excluding hydrogens is 266 g/mol. The van der Waals surface area contributed by atoms with Crippen LogP contribution in [-0.2, 0) is 0 Å². The fraction of sp³-hybridized carbons (Fsp3) is 0.562. The molecule has 5 nitrogen and oxygen atoms in total. The molecule has 1 atom stereocenters. The predicted octanol–water partition coefficient (Wildman–Crippen LogP) is 2.31. The molecule has 0 saturated heterocycles. The fourth-order valence-corrected chi connectivity index (χ4v) is 3.09. The summed E-state index contributed by atoms with van der Waals surface area (Å²) < 4.78 is 2.31. The minimum atomic E-state index is -0.736. The minimum absolute atomic E-state index is 0.231. The molecule has 1 aliphatic rings. The maximum absolute atomic E-state index is 9.37. The number of hydrogen-bond acceptors (Lipinski definition) is 4. The molecule has 1 aliphatic carbocycles. The van der Waals surface area contributed by atoms with E-state index in [1.165, 1.54) is 37.6 Å². The maximum atomic E-state index is 9.37. The Morgan fingerprint density at radius 1 is 1.29 bits per heavy atom. The molecule has 21 heavy (non-hydrogen) atoms. The zero-order valence-electron chi connectivity index (χ0n) is 12.2. The molecule has 0 spiro atoms. The third kappa shape index (κ3) is 3.19. The Hall–Kier alpha value is -1.59. The van der Waals surface area contributed by atoms with Crippen molar-refractivity contribution in [2.24, 2.45) is 0 Å². The van der Waals surface area contributed by atoms with Crippen molar-refractivity contribution in [1.82, 2.24) is 9.55 Å². The highest BCUT2D eigenvalue weighted by Crippen LogP contribution is 2.31. The summed E-state index contributed by atoms with van der Waals surface area (Å²) in [5.74, 6) is 0. The molecule has 3 N–H and O–H groups in total. The van der Waals surface area contributed by atoms with Gasteiger partial charge in [-0.25, -0.2) is 4.98 Å². The summed E-state index contributed by atoms with van der Waals surface area (Å²) in [7, 11) is 0. The van der Waals surface area contributed by atoms with Gasteiger partial charge in [-0.1, -0.05) is 19.3 Å². The van der Waals surface area contributed by atoms with Gasteiger partial charge in [-0.15, -0.1) is 0 Å². The summed E-state index contributed by atoms with van der Waals surface area (Å²) in [4.78, 5) is 4.51. The Morgan fingerprint density at radius 3 is 2.86 bits per heavy atom. The number of imidazole rings is 1. The summed E-state index contributed by atoms with van der Waals surface area (Å²) in [5.41, 5.74) is 3.07. The van der Waals surface area contributed by atoms with E-state index in [0.29, 0.717) is 12.6 Å². The molecule has 114 valence electrons. The second-order valence-corrected chi connectivity index (χ2v) is 5.86.